The first-order valence-corrected chi connectivity index (χ1v) is 12.0. The van der Waals surface area contributed by atoms with Crippen LogP contribution in [0.4, 0.5) is 5.69 Å². The van der Waals surface area contributed by atoms with Gasteiger partial charge >= 0.3 is 0 Å². The number of halogens is 1. The van der Waals surface area contributed by atoms with Crippen molar-refractivity contribution in [1.29, 1.82) is 0 Å². The fraction of sp³-hybridized carbons (Fsp3) is 0.435. The first kappa shape index (κ1) is 24.2. The Balaban J connectivity index is 2.18. The number of rotatable bonds is 7. The predicted molar refractivity (Wildman–Crippen MR) is 125 cm³/mol. The van der Waals surface area contributed by atoms with Crippen LogP contribution in [0, 0.1) is 5.41 Å². The number of amides is 1. The van der Waals surface area contributed by atoms with Gasteiger partial charge in [0, 0.05) is 11.1 Å². The lowest BCUT2D eigenvalue weighted by molar-refractivity contribution is 0.0891. The van der Waals surface area contributed by atoms with E-state index in [0.29, 0.717) is 16.3 Å². The van der Waals surface area contributed by atoms with E-state index in [-0.39, 0.29) is 23.4 Å². The number of nitrogens with one attached hydrogen (secondary N) is 1. The molecule has 0 fully saturated rings. The van der Waals surface area contributed by atoms with Gasteiger partial charge in [0.1, 0.15) is 0 Å². The van der Waals surface area contributed by atoms with Crippen molar-refractivity contribution in [3.63, 3.8) is 0 Å². The maximum absolute atomic E-state index is 12.7. The zero-order valence-corrected chi connectivity index (χ0v) is 20.1. The Labute approximate surface area is 185 Å². The lowest BCUT2D eigenvalue weighted by Crippen LogP contribution is -2.45. The topological polar surface area (TPSA) is 66.5 Å². The Morgan fingerprint density at radius 3 is 2.07 bits per heavy atom. The molecule has 0 unspecified atom stereocenters. The molecule has 0 saturated heterocycles. The number of benzene rings is 2. The molecule has 30 heavy (non-hydrogen) atoms. The van der Waals surface area contributed by atoms with Gasteiger partial charge in [-0.25, -0.2) is 8.42 Å². The Bertz CT molecular complexity index is 994. The van der Waals surface area contributed by atoms with E-state index in [1.165, 1.54) is 4.31 Å². The third-order valence-corrected chi connectivity index (χ3v) is 5.93. The standard InChI is InChI=1S/C23H31ClN2O3S/c1-22(2,3)16-23(4,5)25-21(27)18-13-11-17(12-14-18)15-26(30(6,28)29)20-10-8-7-9-19(20)24/h7-14H,15-16H2,1-6H3,(H,25,27). The second kappa shape index (κ2) is 8.98. The third kappa shape index (κ3) is 7.03. The molecule has 164 valence electrons. The van der Waals surface area contributed by atoms with Crippen LogP contribution in [0.5, 0.6) is 0 Å². The van der Waals surface area contributed by atoms with Crippen LogP contribution in [0.2, 0.25) is 5.02 Å². The van der Waals surface area contributed by atoms with Crippen molar-refractivity contribution in [1.82, 2.24) is 5.32 Å². The number of carbonyl (C=O) groups is 1. The van der Waals surface area contributed by atoms with Crippen LogP contribution in [0.15, 0.2) is 48.5 Å². The molecule has 0 radical (unpaired) electrons. The molecule has 7 heteroatoms. The summed E-state index contributed by atoms with van der Waals surface area (Å²) in [6.45, 7) is 10.6. The minimum atomic E-state index is -3.54. The Kier molecular flexibility index (Phi) is 7.25. The molecular weight excluding hydrogens is 420 g/mol. The van der Waals surface area contributed by atoms with Crippen LogP contribution in [0.25, 0.3) is 0 Å². The van der Waals surface area contributed by atoms with Crippen molar-refractivity contribution in [3.8, 4) is 0 Å². The van der Waals surface area contributed by atoms with Crippen molar-refractivity contribution in [2.45, 2.75) is 53.1 Å². The largest absolute Gasteiger partial charge is 0.347 e. The van der Waals surface area contributed by atoms with Crippen LogP contribution in [-0.4, -0.2) is 26.1 Å². The van der Waals surface area contributed by atoms with E-state index in [1.54, 1.807) is 48.5 Å². The number of sulfonamides is 1. The molecule has 0 saturated carbocycles. The van der Waals surface area contributed by atoms with E-state index in [1.807, 2.05) is 13.8 Å². The molecule has 0 heterocycles. The van der Waals surface area contributed by atoms with Crippen molar-refractivity contribution in [3.05, 3.63) is 64.7 Å². The van der Waals surface area contributed by atoms with Gasteiger partial charge in [-0.1, -0.05) is 56.6 Å². The number of hydrogen-bond acceptors (Lipinski definition) is 3. The van der Waals surface area contributed by atoms with Gasteiger partial charge < -0.3 is 5.32 Å². The molecule has 0 aliphatic rings. The molecule has 0 spiro atoms. The van der Waals surface area contributed by atoms with Crippen LogP contribution >= 0.6 is 11.6 Å². The van der Waals surface area contributed by atoms with Gasteiger partial charge in [0.15, 0.2) is 0 Å². The number of anilines is 1. The van der Waals surface area contributed by atoms with Gasteiger partial charge in [0.2, 0.25) is 10.0 Å². The van der Waals surface area contributed by atoms with Gasteiger partial charge in [-0.05, 0) is 55.5 Å². The highest BCUT2D eigenvalue weighted by atomic mass is 35.5. The molecule has 0 atom stereocenters. The Hall–Kier alpha value is -2.05. The molecule has 2 aromatic carbocycles. The fourth-order valence-electron chi connectivity index (χ4n) is 3.71. The summed E-state index contributed by atoms with van der Waals surface area (Å²) in [6, 6.07) is 13.8. The van der Waals surface area contributed by atoms with Gasteiger partial charge in [0.25, 0.3) is 5.91 Å². The van der Waals surface area contributed by atoms with E-state index in [0.717, 1.165) is 18.2 Å². The number of carbonyl (C=O) groups excluding carboxylic acids is 1. The first-order chi connectivity index (χ1) is 13.7. The summed E-state index contributed by atoms with van der Waals surface area (Å²) in [7, 11) is -3.54. The third-order valence-electron chi connectivity index (χ3n) is 4.49. The lowest BCUT2D eigenvalue weighted by atomic mass is 9.81. The number of para-hydroxylation sites is 1. The average molecular weight is 451 g/mol. The number of nitrogens with zero attached hydrogens (tertiary/aromatic N) is 1. The smallest absolute Gasteiger partial charge is 0.251 e. The molecule has 0 bridgehead atoms. The Morgan fingerprint density at radius 1 is 1.00 bits per heavy atom. The highest BCUT2D eigenvalue weighted by Crippen LogP contribution is 2.29. The molecule has 5 nitrogen and oxygen atoms in total. The van der Waals surface area contributed by atoms with Crippen LogP contribution in [0.3, 0.4) is 0 Å². The van der Waals surface area contributed by atoms with Crippen molar-refractivity contribution in [2.24, 2.45) is 5.41 Å². The van der Waals surface area contributed by atoms with Crippen LogP contribution in [0.1, 0.15) is 57.0 Å². The van der Waals surface area contributed by atoms with E-state index in [9.17, 15) is 13.2 Å². The van der Waals surface area contributed by atoms with Crippen LogP contribution < -0.4 is 9.62 Å². The molecule has 0 aromatic heterocycles. The average Bonchev–Trinajstić information content (AvgIpc) is 2.57. The SMILES string of the molecule is CC(C)(C)CC(C)(C)NC(=O)c1ccc(CN(c2ccccc2Cl)S(C)(=O)=O)cc1. The van der Waals surface area contributed by atoms with Gasteiger partial charge in [0.05, 0.1) is 23.5 Å². The minimum Gasteiger partial charge on any atom is -0.347 e. The number of hydrogen-bond donors (Lipinski definition) is 1. The summed E-state index contributed by atoms with van der Waals surface area (Å²) in [5.74, 6) is -0.151. The zero-order valence-electron chi connectivity index (χ0n) is 18.5. The van der Waals surface area contributed by atoms with E-state index < -0.39 is 10.0 Å². The summed E-state index contributed by atoms with van der Waals surface area (Å²) in [6.07, 6.45) is 1.99. The fourth-order valence-corrected chi connectivity index (χ4v) is 4.90. The molecule has 2 rings (SSSR count). The molecule has 0 aliphatic carbocycles. The van der Waals surface area contributed by atoms with Crippen molar-refractivity contribution < 1.29 is 13.2 Å². The molecule has 2 aromatic rings. The first-order valence-electron chi connectivity index (χ1n) is 9.82. The minimum absolute atomic E-state index is 0.0917. The molecular formula is C23H31ClN2O3S. The maximum atomic E-state index is 12.7. The monoisotopic (exact) mass is 450 g/mol. The van der Waals surface area contributed by atoms with E-state index in [2.05, 4.69) is 26.1 Å². The molecule has 1 amide bonds. The highest BCUT2D eigenvalue weighted by Gasteiger charge is 2.27. The maximum Gasteiger partial charge on any atom is 0.251 e. The Morgan fingerprint density at radius 2 is 1.57 bits per heavy atom. The summed E-state index contributed by atoms with van der Waals surface area (Å²) < 4.78 is 25.9. The summed E-state index contributed by atoms with van der Waals surface area (Å²) in [5, 5.41) is 3.45. The summed E-state index contributed by atoms with van der Waals surface area (Å²) in [5.41, 5.74) is 1.46. The summed E-state index contributed by atoms with van der Waals surface area (Å²) >= 11 is 6.21. The highest BCUT2D eigenvalue weighted by molar-refractivity contribution is 7.92. The molecule has 0 aliphatic heterocycles. The quantitative estimate of drug-likeness (QED) is 0.626. The van der Waals surface area contributed by atoms with Gasteiger partial charge in [-0.3, -0.25) is 9.10 Å². The normalized spacial score (nSPS) is 12.5. The van der Waals surface area contributed by atoms with E-state index in [4.69, 9.17) is 11.6 Å². The van der Waals surface area contributed by atoms with E-state index >= 15 is 0 Å². The lowest BCUT2D eigenvalue weighted by Gasteiger charge is -2.33. The zero-order chi connectivity index (χ0) is 22.7. The summed E-state index contributed by atoms with van der Waals surface area (Å²) in [4.78, 5) is 12.7. The van der Waals surface area contributed by atoms with Gasteiger partial charge in [-0.2, -0.15) is 0 Å². The predicted octanol–water partition coefficient (Wildman–Crippen LogP) is 5.25. The van der Waals surface area contributed by atoms with Crippen molar-refractivity contribution in [2.75, 3.05) is 10.6 Å². The second-order valence-electron chi connectivity index (χ2n) is 9.49. The van der Waals surface area contributed by atoms with Crippen molar-refractivity contribution >= 4 is 33.2 Å². The van der Waals surface area contributed by atoms with Gasteiger partial charge in [-0.15, -0.1) is 0 Å². The van der Waals surface area contributed by atoms with Crippen LogP contribution in [-0.2, 0) is 16.6 Å². The molecule has 1 N–H and O–H groups in total. The second-order valence-corrected chi connectivity index (χ2v) is 11.8.